The molecule has 0 spiro atoms. The minimum Gasteiger partial charge on any atom is -0.293 e. The predicted octanol–water partition coefficient (Wildman–Crippen LogP) is 4.30. The van der Waals surface area contributed by atoms with Gasteiger partial charge in [0.25, 0.3) is 5.56 Å². The number of pyridine rings is 2. The summed E-state index contributed by atoms with van der Waals surface area (Å²) in [5.41, 5.74) is 3.50. The van der Waals surface area contributed by atoms with Crippen molar-refractivity contribution < 1.29 is 0 Å². The summed E-state index contributed by atoms with van der Waals surface area (Å²) >= 11 is 6.09. The normalized spacial score (nSPS) is 11.0. The van der Waals surface area contributed by atoms with Crippen molar-refractivity contribution >= 4 is 22.6 Å². The topological polar surface area (TPSA) is 34.9 Å². The zero-order chi connectivity index (χ0) is 15.7. The van der Waals surface area contributed by atoms with Gasteiger partial charge in [-0.05, 0) is 48.7 Å². The Balaban J connectivity index is 2.39. The second-order valence-electron chi connectivity index (χ2n) is 5.18. The SMILES string of the molecule is CCc1ccc2c(-c3cccc(Cl)c3)cc(=O)n(CC)c2n1. The summed E-state index contributed by atoms with van der Waals surface area (Å²) < 4.78 is 1.71. The summed E-state index contributed by atoms with van der Waals surface area (Å²) in [5, 5.41) is 1.63. The predicted molar refractivity (Wildman–Crippen MR) is 91.5 cm³/mol. The van der Waals surface area contributed by atoms with Crippen molar-refractivity contribution in [3.63, 3.8) is 0 Å². The molecule has 0 atom stereocenters. The number of benzene rings is 1. The smallest absolute Gasteiger partial charge is 0.252 e. The molecular formula is C18H17ClN2O. The van der Waals surface area contributed by atoms with Gasteiger partial charge in [-0.15, -0.1) is 0 Å². The molecule has 0 bridgehead atoms. The molecule has 0 aliphatic rings. The summed E-state index contributed by atoms with van der Waals surface area (Å²) in [6, 6.07) is 13.3. The second-order valence-corrected chi connectivity index (χ2v) is 5.61. The van der Waals surface area contributed by atoms with E-state index in [0.717, 1.165) is 34.3 Å². The van der Waals surface area contributed by atoms with Gasteiger partial charge in [-0.3, -0.25) is 9.36 Å². The van der Waals surface area contributed by atoms with E-state index in [0.29, 0.717) is 11.6 Å². The molecule has 3 nitrogen and oxygen atoms in total. The number of aromatic nitrogens is 2. The molecule has 3 rings (SSSR count). The average molecular weight is 313 g/mol. The molecule has 22 heavy (non-hydrogen) atoms. The van der Waals surface area contributed by atoms with E-state index in [1.165, 1.54) is 0 Å². The molecule has 0 aliphatic heterocycles. The average Bonchev–Trinajstić information content (AvgIpc) is 2.53. The fourth-order valence-electron chi connectivity index (χ4n) is 2.68. The zero-order valence-corrected chi connectivity index (χ0v) is 13.4. The molecular weight excluding hydrogens is 296 g/mol. The number of hydrogen-bond donors (Lipinski definition) is 0. The van der Waals surface area contributed by atoms with E-state index in [1.54, 1.807) is 10.6 Å². The fourth-order valence-corrected chi connectivity index (χ4v) is 2.87. The van der Waals surface area contributed by atoms with Gasteiger partial charge in [0.1, 0.15) is 5.65 Å². The molecule has 0 amide bonds. The standard InChI is InChI=1S/C18H17ClN2O/c1-3-14-8-9-15-16(12-6-5-7-13(19)10-12)11-17(22)21(4-2)18(15)20-14/h5-11H,3-4H2,1-2H3. The van der Waals surface area contributed by atoms with Gasteiger partial charge in [0, 0.05) is 28.7 Å². The van der Waals surface area contributed by atoms with Crippen molar-refractivity contribution in [1.29, 1.82) is 0 Å². The van der Waals surface area contributed by atoms with E-state index < -0.39 is 0 Å². The monoisotopic (exact) mass is 312 g/mol. The van der Waals surface area contributed by atoms with Crippen LogP contribution in [-0.2, 0) is 13.0 Å². The lowest BCUT2D eigenvalue weighted by Crippen LogP contribution is -2.20. The van der Waals surface area contributed by atoms with Crippen LogP contribution in [0.15, 0.2) is 47.3 Å². The highest BCUT2D eigenvalue weighted by Gasteiger charge is 2.11. The highest BCUT2D eigenvalue weighted by Crippen LogP contribution is 2.28. The van der Waals surface area contributed by atoms with Crippen molar-refractivity contribution in [2.24, 2.45) is 0 Å². The van der Waals surface area contributed by atoms with Gasteiger partial charge in [-0.2, -0.15) is 0 Å². The van der Waals surface area contributed by atoms with Crippen molar-refractivity contribution in [1.82, 2.24) is 9.55 Å². The summed E-state index contributed by atoms with van der Waals surface area (Å²) in [4.78, 5) is 17.1. The van der Waals surface area contributed by atoms with Crippen LogP contribution in [0.5, 0.6) is 0 Å². The maximum absolute atomic E-state index is 12.4. The van der Waals surface area contributed by atoms with Gasteiger partial charge >= 0.3 is 0 Å². The lowest BCUT2D eigenvalue weighted by atomic mass is 10.0. The Kier molecular flexibility index (Phi) is 3.99. The lowest BCUT2D eigenvalue weighted by molar-refractivity contribution is 0.747. The molecule has 0 N–H and O–H groups in total. The molecule has 112 valence electrons. The van der Waals surface area contributed by atoms with Crippen LogP contribution in [-0.4, -0.2) is 9.55 Å². The van der Waals surface area contributed by atoms with E-state index in [4.69, 9.17) is 11.6 Å². The number of aryl methyl sites for hydroxylation is 2. The molecule has 3 aromatic rings. The summed E-state index contributed by atoms with van der Waals surface area (Å²) in [5.74, 6) is 0. The third kappa shape index (κ3) is 2.53. The van der Waals surface area contributed by atoms with E-state index in [1.807, 2.05) is 43.3 Å². The van der Waals surface area contributed by atoms with Crippen LogP contribution in [0.4, 0.5) is 0 Å². The van der Waals surface area contributed by atoms with E-state index in [9.17, 15) is 4.79 Å². The third-order valence-corrected chi connectivity index (χ3v) is 4.06. The quantitative estimate of drug-likeness (QED) is 0.722. The Morgan fingerprint density at radius 2 is 1.95 bits per heavy atom. The first-order valence-electron chi connectivity index (χ1n) is 7.43. The minimum atomic E-state index is -0.0364. The molecule has 2 heterocycles. The Labute approximate surface area is 134 Å². The van der Waals surface area contributed by atoms with Gasteiger partial charge in [0.05, 0.1) is 0 Å². The molecule has 0 unspecified atom stereocenters. The molecule has 4 heteroatoms. The molecule has 0 aliphatic carbocycles. The van der Waals surface area contributed by atoms with Crippen LogP contribution in [0.1, 0.15) is 19.5 Å². The van der Waals surface area contributed by atoms with Gasteiger partial charge in [-0.25, -0.2) is 4.98 Å². The number of fused-ring (bicyclic) bond motifs is 1. The van der Waals surface area contributed by atoms with E-state index in [2.05, 4.69) is 11.9 Å². The van der Waals surface area contributed by atoms with E-state index in [-0.39, 0.29) is 5.56 Å². The van der Waals surface area contributed by atoms with Crippen molar-refractivity contribution in [2.75, 3.05) is 0 Å². The first-order chi connectivity index (χ1) is 10.6. The largest absolute Gasteiger partial charge is 0.293 e. The van der Waals surface area contributed by atoms with Crippen molar-refractivity contribution in [3.05, 3.63) is 63.5 Å². The molecule has 0 saturated heterocycles. The number of halogens is 1. The second kappa shape index (κ2) is 5.93. The Morgan fingerprint density at radius 3 is 2.64 bits per heavy atom. The van der Waals surface area contributed by atoms with Crippen LogP contribution in [0.25, 0.3) is 22.2 Å². The van der Waals surface area contributed by atoms with Gasteiger partial charge < -0.3 is 0 Å². The molecule has 0 fully saturated rings. The highest BCUT2D eigenvalue weighted by atomic mass is 35.5. The highest BCUT2D eigenvalue weighted by molar-refractivity contribution is 6.30. The van der Waals surface area contributed by atoms with Gasteiger partial charge in [-0.1, -0.05) is 30.7 Å². The fraction of sp³-hybridized carbons (Fsp3) is 0.222. The number of hydrogen-bond acceptors (Lipinski definition) is 2. The molecule has 1 aromatic carbocycles. The first-order valence-corrected chi connectivity index (χ1v) is 7.81. The van der Waals surface area contributed by atoms with Crippen LogP contribution >= 0.6 is 11.6 Å². The Bertz CT molecular complexity index is 899. The number of nitrogens with zero attached hydrogens (tertiary/aromatic N) is 2. The summed E-state index contributed by atoms with van der Waals surface area (Å²) in [6.07, 6.45) is 0.842. The molecule has 0 saturated carbocycles. The molecule has 2 aromatic heterocycles. The Hall–Kier alpha value is -2.13. The van der Waals surface area contributed by atoms with Crippen molar-refractivity contribution in [3.8, 4) is 11.1 Å². The van der Waals surface area contributed by atoms with E-state index >= 15 is 0 Å². The van der Waals surface area contributed by atoms with Crippen LogP contribution in [0, 0.1) is 0 Å². The minimum absolute atomic E-state index is 0.0364. The van der Waals surface area contributed by atoms with Gasteiger partial charge in [0.15, 0.2) is 0 Å². The zero-order valence-electron chi connectivity index (χ0n) is 12.6. The summed E-state index contributed by atoms with van der Waals surface area (Å²) in [6.45, 7) is 4.62. The third-order valence-electron chi connectivity index (χ3n) is 3.83. The summed E-state index contributed by atoms with van der Waals surface area (Å²) in [7, 11) is 0. The lowest BCUT2D eigenvalue weighted by Gasteiger charge is -2.12. The maximum atomic E-state index is 12.4. The van der Waals surface area contributed by atoms with Crippen LogP contribution < -0.4 is 5.56 Å². The van der Waals surface area contributed by atoms with Gasteiger partial charge in [0.2, 0.25) is 0 Å². The maximum Gasteiger partial charge on any atom is 0.252 e. The van der Waals surface area contributed by atoms with Crippen molar-refractivity contribution in [2.45, 2.75) is 26.8 Å². The van der Waals surface area contributed by atoms with Crippen LogP contribution in [0.2, 0.25) is 5.02 Å². The number of rotatable bonds is 3. The Morgan fingerprint density at radius 1 is 1.14 bits per heavy atom. The van der Waals surface area contributed by atoms with Crippen LogP contribution in [0.3, 0.4) is 0 Å². The molecule has 0 radical (unpaired) electrons. The first kappa shape index (κ1) is 14.8.